The molecule has 0 radical (unpaired) electrons. The van der Waals surface area contributed by atoms with E-state index in [0.29, 0.717) is 0 Å². The highest BCUT2D eigenvalue weighted by Crippen LogP contribution is 1.99. The lowest BCUT2D eigenvalue weighted by molar-refractivity contribution is 0.153. The number of rotatable bonds is 4. The van der Waals surface area contributed by atoms with Crippen LogP contribution in [0.15, 0.2) is 0 Å². The van der Waals surface area contributed by atoms with Gasteiger partial charge in [-0.3, -0.25) is 0 Å². The molecular weight excluding hydrogens is 186 g/mol. The van der Waals surface area contributed by atoms with Crippen molar-refractivity contribution in [1.82, 2.24) is 15.1 Å². The quantitative estimate of drug-likeness (QED) is 0.727. The van der Waals surface area contributed by atoms with E-state index >= 15 is 0 Å². The standard InChI is InChI=1S/C9H21N3.3CH4/c1-10-4-3-5-12-8-6-11(2)7-9-12;;;/h10H,3-9H2,1-2H3;3*1H4. The number of likely N-dealkylation sites (N-methyl/N-ethyl adjacent to an activating group) is 1. The Morgan fingerprint density at radius 3 is 2.00 bits per heavy atom. The van der Waals surface area contributed by atoms with E-state index < -0.39 is 0 Å². The Labute approximate surface area is 97.8 Å². The van der Waals surface area contributed by atoms with Crippen LogP contribution in [0.2, 0.25) is 0 Å². The van der Waals surface area contributed by atoms with Gasteiger partial charge in [-0.15, -0.1) is 0 Å². The first kappa shape index (κ1) is 20.3. The third-order valence-corrected chi connectivity index (χ3v) is 2.50. The summed E-state index contributed by atoms with van der Waals surface area (Å²) >= 11 is 0. The molecule has 0 aromatic rings. The summed E-state index contributed by atoms with van der Waals surface area (Å²) in [6.07, 6.45) is 1.28. The van der Waals surface area contributed by atoms with Crippen molar-refractivity contribution in [3.05, 3.63) is 0 Å². The minimum atomic E-state index is 0. The van der Waals surface area contributed by atoms with Gasteiger partial charge in [0, 0.05) is 26.2 Å². The zero-order valence-electron chi connectivity index (χ0n) is 8.34. The second kappa shape index (κ2) is 12.0. The van der Waals surface area contributed by atoms with Gasteiger partial charge in [0.05, 0.1) is 0 Å². The highest BCUT2D eigenvalue weighted by atomic mass is 15.2. The van der Waals surface area contributed by atoms with Crippen molar-refractivity contribution < 1.29 is 0 Å². The van der Waals surface area contributed by atoms with Crippen molar-refractivity contribution in [1.29, 1.82) is 0 Å². The summed E-state index contributed by atoms with van der Waals surface area (Å²) < 4.78 is 0. The summed E-state index contributed by atoms with van der Waals surface area (Å²) in [5.74, 6) is 0. The van der Waals surface area contributed by atoms with Crippen LogP contribution in [0, 0.1) is 0 Å². The van der Waals surface area contributed by atoms with Gasteiger partial charge in [-0.1, -0.05) is 22.3 Å². The molecule has 0 saturated carbocycles. The summed E-state index contributed by atoms with van der Waals surface area (Å²) in [5.41, 5.74) is 0. The number of nitrogens with zero attached hydrogens (tertiary/aromatic N) is 2. The molecule has 1 aliphatic rings. The molecule has 0 unspecified atom stereocenters. The maximum Gasteiger partial charge on any atom is 0.0110 e. The molecule has 3 heteroatoms. The fraction of sp³-hybridized carbons (Fsp3) is 1.00. The molecule has 0 spiro atoms. The van der Waals surface area contributed by atoms with Gasteiger partial charge in [0.15, 0.2) is 0 Å². The monoisotopic (exact) mass is 219 g/mol. The van der Waals surface area contributed by atoms with Crippen molar-refractivity contribution in [2.75, 3.05) is 53.4 Å². The SMILES string of the molecule is C.C.C.CNCCCN1CCN(C)CC1. The van der Waals surface area contributed by atoms with Gasteiger partial charge >= 0.3 is 0 Å². The molecule has 0 aromatic carbocycles. The molecule has 0 atom stereocenters. The van der Waals surface area contributed by atoms with Crippen LogP contribution in [0.3, 0.4) is 0 Å². The van der Waals surface area contributed by atoms with Crippen LogP contribution in [0.5, 0.6) is 0 Å². The molecule has 96 valence electrons. The van der Waals surface area contributed by atoms with E-state index in [-0.39, 0.29) is 22.3 Å². The topological polar surface area (TPSA) is 18.5 Å². The molecule has 0 amide bonds. The zero-order valence-corrected chi connectivity index (χ0v) is 8.34. The Morgan fingerprint density at radius 2 is 1.53 bits per heavy atom. The first-order valence-electron chi connectivity index (χ1n) is 4.88. The Hall–Kier alpha value is -0.120. The van der Waals surface area contributed by atoms with Gasteiger partial charge in [0.2, 0.25) is 0 Å². The van der Waals surface area contributed by atoms with Crippen molar-refractivity contribution in [3.8, 4) is 0 Å². The number of piperazine rings is 1. The largest absolute Gasteiger partial charge is 0.320 e. The van der Waals surface area contributed by atoms with E-state index in [4.69, 9.17) is 0 Å². The molecular formula is C12H33N3. The zero-order chi connectivity index (χ0) is 8.81. The molecule has 1 N–H and O–H groups in total. The molecule has 1 saturated heterocycles. The Bertz CT molecular complexity index is 109. The molecule has 0 bridgehead atoms. The number of hydrogen-bond acceptors (Lipinski definition) is 3. The third-order valence-electron chi connectivity index (χ3n) is 2.50. The maximum atomic E-state index is 3.18. The fourth-order valence-corrected chi connectivity index (χ4v) is 1.55. The summed E-state index contributed by atoms with van der Waals surface area (Å²) in [6, 6.07) is 0. The Balaban J connectivity index is -0.000000480. The lowest BCUT2D eigenvalue weighted by Gasteiger charge is -2.32. The summed E-state index contributed by atoms with van der Waals surface area (Å²) in [6.45, 7) is 7.38. The second-order valence-electron chi connectivity index (χ2n) is 3.60. The van der Waals surface area contributed by atoms with E-state index in [2.05, 4.69) is 22.2 Å². The second-order valence-corrected chi connectivity index (χ2v) is 3.60. The van der Waals surface area contributed by atoms with E-state index in [1.54, 1.807) is 0 Å². The lowest BCUT2D eigenvalue weighted by atomic mass is 10.3. The van der Waals surface area contributed by atoms with Crippen LogP contribution >= 0.6 is 0 Å². The van der Waals surface area contributed by atoms with Crippen molar-refractivity contribution >= 4 is 0 Å². The first-order valence-corrected chi connectivity index (χ1v) is 4.88. The van der Waals surface area contributed by atoms with Gasteiger partial charge < -0.3 is 15.1 Å². The van der Waals surface area contributed by atoms with E-state index in [9.17, 15) is 0 Å². The first-order chi connectivity index (χ1) is 5.83. The third kappa shape index (κ3) is 8.85. The normalized spacial score (nSPS) is 17.2. The Morgan fingerprint density at radius 1 is 1.00 bits per heavy atom. The van der Waals surface area contributed by atoms with Gasteiger partial charge in [0.25, 0.3) is 0 Å². The highest BCUT2D eigenvalue weighted by molar-refractivity contribution is 4.68. The lowest BCUT2D eigenvalue weighted by Crippen LogP contribution is -2.45. The average Bonchev–Trinajstić information content (AvgIpc) is 2.09. The smallest absolute Gasteiger partial charge is 0.0110 e. The van der Waals surface area contributed by atoms with Gasteiger partial charge in [0.1, 0.15) is 0 Å². The minimum Gasteiger partial charge on any atom is -0.320 e. The summed E-state index contributed by atoms with van der Waals surface area (Å²) in [4.78, 5) is 4.95. The summed E-state index contributed by atoms with van der Waals surface area (Å²) in [7, 11) is 4.22. The molecule has 15 heavy (non-hydrogen) atoms. The molecule has 1 heterocycles. The molecule has 1 fully saturated rings. The maximum absolute atomic E-state index is 3.18. The van der Waals surface area contributed by atoms with Gasteiger partial charge in [-0.05, 0) is 33.6 Å². The van der Waals surface area contributed by atoms with Crippen LogP contribution in [0.1, 0.15) is 28.7 Å². The van der Waals surface area contributed by atoms with E-state index in [0.717, 1.165) is 6.54 Å². The Kier molecular flexibility index (Phi) is 16.2. The minimum absolute atomic E-state index is 0. The fourth-order valence-electron chi connectivity index (χ4n) is 1.55. The van der Waals surface area contributed by atoms with E-state index in [1.807, 2.05) is 7.05 Å². The highest BCUT2D eigenvalue weighted by Gasteiger charge is 2.12. The number of nitrogens with one attached hydrogen (secondary N) is 1. The predicted octanol–water partition coefficient (Wildman–Crippen LogP) is 1.75. The van der Waals surface area contributed by atoms with E-state index in [1.165, 1.54) is 39.1 Å². The number of hydrogen-bond donors (Lipinski definition) is 1. The van der Waals surface area contributed by atoms with Crippen LogP contribution in [-0.4, -0.2) is 63.2 Å². The van der Waals surface area contributed by atoms with Crippen LogP contribution in [0.4, 0.5) is 0 Å². The molecule has 3 nitrogen and oxygen atoms in total. The molecule has 1 rings (SSSR count). The van der Waals surface area contributed by atoms with Crippen molar-refractivity contribution in [3.63, 3.8) is 0 Å². The van der Waals surface area contributed by atoms with Crippen molar-refractivity contribution in [2.24, 2.45) is 0 Å². The molecule has 0 aliphatic carbocycles. The molecule has 0 aromatic heterocycles. The van der Waals surface area contributed by atoms with Crippen molar-refractivity contribution in [2.45, 2.75) is 28.7 Å². The van der Waals surface area contributed by atoms with Crippen LogP contribution in [0.25, 0.3) is 0 Å². The average molecular weight is 219 g/mol. The van der Waals surface area contributed by atoms with Crippen LogP contribution in [-0.2, 0) is 0 Å². The van der Waals surface area contributed by atoms with Gasteiger partial charge in [-0.2, -0.15) is 0 Å². The summed E-state index contributed by atoms with van der Waals surface area (Å²) in [5, 5.41) is 3.18. The van der Waals surface area contributed by atoms with Gasteiger partial charge in [-0.25, -0.2) is 0 Å². The predicted molar refractivity (Wildman–Crippen MR) is 72.7 cm³/mol. The molecule has 1 aliphatic heterocycles. The van der Waals surface area contributed by atoms with Crippen LogP contribution < -0.4 is 5.32 Å².